The van der Waals surface area contributed by atoms with Crippen molar-refractivity contribution in [3.05, 3.63) is 44.9 Å². The molecule has 0 unspecified atom stereocenters. The number of nitro groups is 1. The second-order valence-corrected chi connectivity index (χ2v) is 6.95. The van der Waals surface area contributed by atoms with Gasteiger partial charge in [-0.1, -0.05) is 0 Å². The van der Waals surface area contributed by atoms with Crippen LogP contribution in [0.15, 0.2) is 34.0 Å². The summed E-state index contributed by atoms with van der Waals surface area (Å²) in [5.74, 6) is 0. The number of sulfonamides is 1. The molecule has 0 radical (unpaired) electrons. The van der Waals surface area contributed by atoms with Gasteiger partial charge in [-0.25, -0.2) is 13.4 Å². The van der Waals surface area contributed by atoms with Crippen LogP contribution in [-0.2, 0) is 16.6 Å². The Morgan fingerprint density at radius 2 is 2.19 bits per heavy atom. The maximum absolute atomic E-state index is 12.4. The number of nitro benzene ring substituents is 1. The molecule has 2 rings (SSSR count). The molecule has 0 aliphatic heterocycles. The highest BCUT2D eigenvalue weighted by Crippen LogP contribution is 2.26. The summed E-state index contributed by atoms with van der Waals surface area (Å²) in [5, 5.41) is 12.4. The van der Waals surface area contributed by atoms with E-state index in [2.05, 4.69) is 4.98 Å². The monoisotopic (exact) mass is 328 g/mol. The molecule has 8 nitrogen and oxygen atoms in total. The van der Waals surface area contributed by atoms with E-state index in [1.807, 2.05) is 0 Å². The minimum Gasteiger partial charge on any atom is -0.397 e. The third kappa shape index (κ3) is 3.17. The van der Waals surface area contributed by atoms with Gasteiger partial charge < -0.3 is 5.73 Å². The number of nitrogens with zero attached hydrogens (tertiary/aromatic N) is 3. The van der Waals surface area contributed by atoms with Crippen molar-refractivity contribution in [2.75, 3.05) is 12.8 Å². The lowest BCUT2D eigenvalue weighted by molar-refractivity contribution is -0.384. The Labute approximate surface area is 125 Å². The van der Waals surface area contributed by atoms with Crippen LogP contribution in [0.2, 0.25) is 0 Å². The van der Waals surface area contributed by atoms with E-state index in [1.165, 1.54) is 18.4 Å². The number of hydrogen-bond acceptors (Lipinski definition) is 7. The Hall–Kier alpha value is -2.04. The fourth-order valence-electron chi connectivity index (χ4n) is 1.68. The van der Waals surface area contributed by atoms with Gasteiger partial charge in [0.2, 0.25) is 10.0 Å². The van der Waals surface area contributed by atoms with E-state index in [-0.39, 0.29) is 22.8 Å². The first-order valence-electron chi connectivity index (χ1n) is 5.69. The lowest BCUT2D eigenvalue weighted by atomic mass is 10.3. The number of hydrogen-bond donors (Lipinski definition) is 1. The second kappa shape index (κ2) is 5.76. The molecular weight excluding hydrogens is 316 g/mol. The van der Waals surface area contributed by atoms with Crippen LogP contribution in [0.1, 0.15) is 5.69 Å². The molecule has 112 valence electrons. The van der Waals surface area contributed by atoms with Crippen LogP contribution < -0.4 is 5.73 Å². The van der Waals surface area contributed by atoms with E-state index in [0.717, 1.165) is 22.5 Å². The molecule has 1 aromatic heterocycles. The van der Waals surface area contributed by atoms with Crippen molar-refractivity contribution < 1.29 is 13.3 Å². The average molecular weight is 328 g/mol. The number of aromatic nitrogens is 1. The van der Waals surface area contributed by atoms with Crippen molar-refractivity contribution in [1.82, 2.24) is 9.29 Å². The zero-order valence-electron chi connectivity index (χ0n) is 11.0. The molecule has 0 aliphatic rings. The normalized spacial score (nSPS) is 11.7. The molecule has 0 atom stereocenters. The summed E-state index contributed by atoms with van der Waals surface area (Å²) >= 11 is 1.36. The van der Waals surface area contributed by atoms with Gasteiger partial charge in [-0.15, -0.1) is 11.3 Å². The Balaban J connectivity index is 2.33. The number of nitrogens with two attached hydrogens (primary N) is 1. The van der Waals surface area contributed by atoms with Crippen molar-refractivity contribution in [3.8, 4) is 0 Å². The number of benzene rings is 1. The molecule has 0 fully saturated rings. The first-order valence-corrected chi connectivity index (χ1v) is 8.08. The summed E-state index contributed by atoms with van der Waals surface area (Å²) in [6.07, 6.45) is 0. The van der Waals surface area contributed by atoms with E-state index in [9.17, 15) is 18.5 Å². The van der Waals surface area contributed by atoms with Crippen molar-refractivity contribution in [3.63, 3.8) is 0 Å². The Morgan fingerprint density at radius 1 is 1.48 bits per heavy atom. The Morgan fingerprint density at radius 3 is 2.71 bits per heavy atom. The van der Waals surface area contributed by atoms with Gasteiger partial charge in [-0.3, -0.25) is 10.1 Å². The predicted molar refractivity (Wildman–Crippen MR) is 78.3 cm³/mol. The molecule has 10 heteroatoms. The largest absolute Gasteiger partial charge is 0.397 e. The van der Waals surface area contributed by atoms with Gasteiger partial charge in [-0.2, -0.15) is 4.31 Å². The zero-order valence-corrected chi connectivity index (χ0v) is 12.6. The molecule has 21 heavy (non-hydrogen) atoms. The van der Waals surface area contributed by atoms with Crippen LogP contribution in [0.4, 0.5) is 11.4 Å². The molecule has 2 N–H and O–H groups in total. The molecule has 1 heterocycles. The highest BCUT2D eigenvalue weighted by atomic mass is 32.2. The van der Waals surface area contributed by atoms with Crippen LogP contribution in [0.5, 0.6) is 0 Å². The molecule has 1 aromatic carbocycles. The molecule has 0 saturated carbocycles. The van der Waals surface area contributed by atoms with E-state index in [0.29, 0.717) is 5.69 Å². The van der Waals surface area contributed by atoms with Gasteiger partial charge in [0, 0.05) is 24.6 Å². The minimum atomic E-state index is -3.84. The van der Waals surface area contributed by atoms with Crippen LogP contribution in [-0.4, -0.2) is 29.7 Å². The van der Waals surface area contributed by atoms with Gasteiger partial charge in [0.25, 0.3) is 5.69 Å². The standard InChI is InChI=1S/C11H12N4O4S2/c1-14(5-8-6-20-7-13-8)21(18,19)11-3-2-9(15(16)17)4-10(11)12/h2-4,6-7H,5,12H2,1H3. The maximum atomic E-state index is 12.4. The van der Waals surface area contributed by atoms with Crippen molar-refractivity contribution in [1.29, 1.82) is 0 Å². The van der Waals surface area contributed by atoms with Gasteiger partial charge in [0.15, 0.2) is 0 Å². The smallest absolute Gasteiger partial charge is 0.271 e. The van der Waals surface area contributed by atoms with Crippen LogP contribution >= 0.6 is 11.3 Å². The third-order valence-corrected chi connectivity index (χ3v) is 5.27. The van der Waals surface area contributed by atoms with Crippen molar-refractivity contribution >= 4 is 32.7 Å². The summed E-state index contributed by atoms with van der Waals surface area (Å²) in [6, 6.07) is 3.28. The SMILES string of the molecule is CN(Cc1cscn1)S(=O)(=O)c1ccc([N+](=O)[O-])cc1N. The highest BCUT2D eigenvalue weighted by molar-refractivity contribution is 7.89. The highest BCUT2D eigenvalue weighted by Gasteiger charge is 2.25. The van der Waals surface area contributed by atoms with E-state index < -0.39 is 14.9 Å². The Kier molecular flexibility index (Phi) is 4.21. The van der Waals surface area contributed by atoms with Gasteiger partial charge in [-0.05, 0) is 6.07 Å². The van der Waals surface area contributed by atoms with Crippen LogP contribution in [0.3, 0.4) is 0 Å². The summed E-state index contributed by atoms with van der Waals surface area (Å²) in [6.45, 7) is 0.0995. The quantitative estimate of drug-likeness (QED) is 0.504. The number of non-ortho nitro benzene ring substituents is 1. The first-order chi connectivity index (χ1) is 9.82. The van der Waals surface area contributed by atoms with E-state index >= 15 is 0 Å². The molecule has 0 spiro atoms. The summed E-state index contributed by atoms with van der Waals surface area (Å²) < 4.78 is 25.9. The minimum absolute atomic E-state index is 0.0995. The van der Waals surface area contributed by atoms with Gasteiger partial charge in [0.05, 0.1) is 28.4 Å². The summed E-state index contributed by atoms with van der Waals surface area (Å²) in [5.41, 5.74) is 7.44. The van der Waals surface area contributed by atoms with Crippen molar-refractivity contribution in [2.45, 2.75) is 11.4 Å². The van der Waals surface area contributed by atoms with Gasteiger partial charge in [0.1, 0.15) is 4.90 Å². The molecule has 0 amide bonds. The average Bonchev–Trinajstić information content (AvgIpc) is 2.90. The fourth-order valence-corrected chi connectivity index (χ4v) is 3.47. The summed E-state index contributed by atoms with van der Waals surface area (Å²) in [4.78, 5) is 13.9. The fraction of sp³-hybridized carbons (Fsp3) is 0.182. The lowest BCUT2D eigenvalue weighted by Gasteiger charge is -2.17. The third-order valence-electron chi connectivity index (χ3n) is 2.76. The predicted octanol–water partition coefficient (Wildman–Crippen LogP) is 1.45. The molecule has 0 aliphatic carbocycles. The topological polar surface area (TPSA) is 119 Å². The number of thiazole rings is 1. The molecule has 0 saturated heterocycles. The molecular formula is C11H12N4O4S2. The van der Waals surface area contributed by atoms with Crippen LogP contribution in [0.25, 0.3) is 0 Å². The first kappa shape index (κ1) is 15.4. The van der Waals surface area contributed by atoms with Crippen molar-refractivity contribution in [2.24, 2.45) is 0 Å². The molecule has 0 bridgehead atoms. The maximum Gasteiger partial charge on any atom is 0.271 e. The molecule has 2 aromatic rings. The number of nitrogen functional groups attached to an aromatic ring is 1. The van der Waals surface area contributed by atoms with Gasteiger partial charge >= 0.3 is 0 Å². The lowest BCUT2D eigenvalue weighted by Crippen LogP contribution is -2.27. The Bertz CT molecular complexity index is 759. The summed E-state index contributed by atoms with van der Waals surface area (Å²) in [7, 11) is -2.44. The van der Waals surface area contributed by atoms with Crippen LogP contribution in [0, 0.1) is 10.1 Å². The zero-order chi connectivity index (χ0) is 15.6. The number of rotatable bonds is 5. The number of anilines is 1. The van der Waals surface area contributed by atoms with E-state index in [4.69, 9.17) is 5.73 Å². The second-order valence-electron chi connectivity index (χ2n) is 4.22. The van der Waals surface area contributed by atoms with E-state index in [1.54, 1.807) is 10.9 Å².